The molecule has 132 valence electrons. The second kappa shape index (κ2) is 9.39. The molecule has 0 atom stereocenters. The standard InChI is InChI=1S/C17H21ClN2O2S.ClH/c1-14-6-5-9-16(17(14)18)23(21,22)20(13-11-19)12-10-15-7-3-2-4-8-15;/h2-9H,10-13,19H2,1H3;1H. The van der Waals surface area contributed by atoms with Gasteiger partial charge in [-0.05, 0) is 30.5 Å². The highest BCUT2D eigenvalue weighted by molar-refractivity contribution is 7.89. The highest BCUT2D eigenvalue weighted by Gasteiger charge is 2.26. The third-order valence-corrected chi connectivity index (χ3v) is 6.20. The van der Waals surface area contributed by atoms with E-state index in [-0.39, 0.29) is 35.4 Å². The van der Waals surface area contributed by atoms with Crippen molar-refractivity contribution >= 4 is 34.0 Å². The highest BCUT2D eigenvalue weighted by atomic mass is 35.5. The Labute approximate surface area is 155 Å². The van der Waals surface area contributed by atoms with E-state index in [9.17, 15) is 8.42 Å². The predicted octanol–water partition coefficient (Wildman–Crippen LogP) is 3.26. The normalized spacial score (nSPS) is 11.3. The maximum Gasteiger partial charge on any atom is 0.244 e. The second-order valence-electron chi connectivity index (χ2n) is 5.32. The van der Waals surface area contributed by atoms with Crippen LogP contribution in [0.4, 0.5) is 0 Å². The zero-order chi connectivity index (χ0) is 16.9. The van der Waals surface area contributed by atoms with Gasteiger partial charge in [0.15, 0.2) is 0 Å². The Kier molecular flexibility index (Phi) is 8.19. The lowest BCUT2D eigenvalue weighted by Gasteiger charge is -2.22. The van der Waals surface area contributed by atoms with Crippen LogP contribution in [-0.4, -0.2) is 32.4 Å². The number of aryl methyl sites for hydroxylation is 1. The summed E-state index contributed by atoms with van der Waals surface area (Å²) in [5.74, 6) is 0. The molecule has 2 aromatic rings. The summed E-state index contributed by atoms with van der Waals surface area (Å²) < 4.78 is 27.2. The van der Waals surface area contributed by atoms with Crippen LogP contribution in [0.5, 0.6) is 0 Å². The number of rotatable bonds is 7. The van der Waals surface area contributed by atoms with Crippen LogP contribution >= 0.6 is 24.0 Å². The molecule has 0 unspecified atom stereocenters. The van der Waals surface area contributed by atoms with Crippen molar-refractivity contribution in [2.75, 3.05) is 19.6 Å². The average molecular weight is 389 g/mol. The topological polar surface area (TPSA) is 63.4 Å². The Morgan fingerprint density at radius 1 is 1.04 bits per heavy atom. The average Bonchev–Trinajstić information content (AvgIpc) is 2.54. The van der Waals surface area contributed by atoms with Gasteiger partial charge in [-0.3, -0.25) is 0 Å². The van der Waals surface area contributed by atoms with Gasteiger partial charge in [-0.2, -0.15) is 4.31 Å². The van der Waals surface area contributed by atoms with Crippen LogP contribution in [0.15, 0.2) is 53.4 Å². The number of halogens is 2. The molecule has 4 nitrogen and oxygen atoms in total. The number of hydrogen-bond donors (Lipinski definition) is 1. The van der Waals surface area contributed by atoms with Crippen molar-refractivity contribution in [3.63, 3.8) is 0 Å². The number of sulfonamides is 1. The zero-order valence-corrected chi connectivity index (χ0v) is 15.9. The fourth-order valence-electron chi connectivity index (χ4n) is 2.35. The molecule has 24 heavy (non-hydrogen) atoms. The molecule has 0 saturated heterocycles. The molecule has 2 rings (SSSR count). The Morgan fingerprint density at radius 3 is 2.33 bits per heavy atom. The van der Waals surface area contributed by atoms with Gasteiger partial charge >= 0.3 is 0 Å². The number of nitrogens with zero attached hydrogens (tertiary/aromatic N) is 1. The molecule has 0 aliphatic rings. The van der Waals surface area contributed by atoms with Crippen molar-refractivity contribution < 1.29 is 8.42 Å². The zero-order valence-electron chi connectivity index (χ0n) is 13.5. The van der Waals surface area contributed by atoms with E-state index in [2.05, 4.69) is 0 Å². The van der Waals surface area contributed by atoms with E-state index >= 15 is 0 Å². The summed E-state index contributed by atoms with van der Waals surface area (Å²) >= 11 is 6.20. The third kappa shape index (κ3) is 4.94. The SMILES string of the molecule is Cc1cccc(S(=O)(=O)N(CCN)CCc2ccccc2)c1Cl.Cl. The molecule has 7 heteroatoms. The van der Waals surface area contributed by atoms with Crippen LogP contribution in [0.25, 0.3) is 0 Å². The van der Waals surface area contributed by atoms with Gasteiger partial charge in [-0.1, -0.05) is 54.1 Å². The Morgan fingerprint density at radius 2 is 1.71 bits per heavy atom. The van der Waals surface area contributed by atoms with Crippen molar-refractivity contribution in [3.05, 3.63) is 64.7 Å². The predicted molar refractivity (Wildman–Crippen MR) is 101 cm³/mol. The van der Waals surface area contributed by atoms with Crippen molar-refractivity contribution in [2.45, 2.75) is 18.2 Å². The van der Waals surface area contributed by atoms with Crippen molar-refractivity contribution in [1.82, 2.24) is 4.31 Å². The van der Waals surface area contributed by atoms with Gasteiger partial charge in [-0.25, -0.2) is 8.42 Å². The first-order valence-corrected chi connectivity index (χ1v) is 9.28. The summed E-state index contributed by atoms with van der Waals surface area (Å²) in [5, 5.41) is 0.272. The van der Waals surface area contributed by atoms with Gasteiger partial charge in [-0.15, -0.1) is 12.4 Å². The Balaban J connectivity index is 0.00000288. The fraction of sp³-hybridized carbons (Fsp3) is 0.294. The van der Waals surface area contributed by atoms with E-state index in [1.54, 1.807) is 19.1 Å². The molecule has 0 heterocycles. The summed E-state index contributed by atoms with van der Waals surface area (Å²) in [6.07, 6.45) is 0.628. The van der Waals surface area contributed by atoms with Crippen molar-refractivity contribution in [2.24, 2.45) is 5.73 Å². The molecule has 0 aliphatic carbocycles. The molecule has 0 fully saturated rings. The van der Waals surface area contributed by atoms with Crippen LogP contribution in [-0.2, 0) is 16.4 Å². The van der Waals surface area contributed by atoms with Crippen LogP contribution in [0, 0.1) is 6.92 Å². The van der Waals surface area contributed by atoms with Gasteiger partial charge in [0.2, 0.25) is 10.0 Å². The minimum atomic E-state index is -3.67. The van der Waals surface area contributed by atoms with Gasteiger partial charge in [0.1, 0.15) is 4.90 Å². The van der Waals surface area contributed by atoms with Gasteiger partial charge in [0, 0.05) is 19.6 Å². The quantitative estimate of drug-likeness (QED) is 0.791. The van der Waals surface area contributed by atoms with E-state index in [0.29, 0.717) is 13.0 Å². The van der Waals surface area contributed by atoms with Gasteiger partial charge in [0.25, 0.3) is 0 Å². The minimum Gasteiger partial charge on any atom is -0.329 e. The molecular formula is C17H22Cl2N2O2S. The summed E-state index contributed by atoms with van der Waals surface area (Å²) in [7, 11) is -3.67. The van der Waals surface area contributed by atoms with Gasteiger partial charge in [0.05, 0.1) is 5.02 Å². The first-order chi connectivity index (χ1) is 11.0. The summed E-state index contributed by atoms with van der Waals surface area (Å²) in [4.78, 5) is 0.140. The minimum absolute atomic E-state index is 0. The first-order valence-electron chi connectivity index (χ1n) is 7.46. The summed E-state index contributed by atoms with van der Waals surface area (Å²) in [6.45, 7) is 2.68. The Hall–Kier alpha value is -1.11. The lowest BCUT2D eigenvalue weighted by molar-refractivity contribution is 0.421. The number of hydrogen-bond acceptors (Lipinski definition) is 3. The molecule has 0 radical (unpaired) electrons. The van der Waals surface area contributed by atoms with Crippen molar-refractivity contribution in [3.8, 4) is 0 Å². The van der Waals surface area contributed by atoms with Crippen LogP contribution in [0.1, 0.15) is 11.1 Å². The molecule has 0 bridgehead atoms. The molecule has 0 amide bonds. The maximum atomic E-state index is 12.9. The van der Waals surface area contributed by atoms with Crippen LogP contribution in [0.3, 0.4) is 0 Å². The van der Waals surface area contributed by atoms with Crippen molar-refractivity contribution in [1.29, 1.82) is 0 Å². The molecule has 2 N–H and O–H groups in total. The third-order valence-electron chi connectivity index (χ3n) is 3.65. The lowest BCUT2D eigenvalue weighted by Crippen LogP contribution is -2.37. The molecule has 0 aromatic heterocycles. The fourth-order valence-corrected chi connectivity index (χ4v) is 4.37. The largest absolute Gasteiger partial charge is 0.329 e. The van der Waals surface area contributed by atoms with Gasteiger partial charge < -0.3 is 5.73 Å². The van der Waals surface area contributed by atoms with E-state index in [1.165, 1.54) is 10.4 Å². The lowest BCUT2D eigenvalue weighted by atomic mass is 10.1. The number of nitrogens with two attached hydrogens (primary N) is 1. The van der Waals surface area contributed by atoms with E-state index in [4.69, 9.17) is 17.3 Å². The molecule has 2 aromatic carbocycles. The maximum absolute atomic E-state index is 12.9. The van der Waals surface area contributed by atoms with E-state index < -0.39 is 10.0 Å². The molecule has 0 saturated carbocycles. The number of benzene rings is 2. The highest BCUT2D eigenvalue weighted by Crippen LogP contribution is 2.27. The van der Waals surface area contributed by atoms with E-state index in [1.807, 2.05) is 30.3 Å². The Bertz CT molecular complexity index is 752. The summed E-state index contributed by atoms with van der Waals surface area (Å²) in [6, 6.07) is 14.8. The molecular weight excluding hydrogens is 367 g/mol. The molecule has 0 spiro atoms. The first kappa shape index (κ1) is 20.9. The monoisotopic (exact) mass is 388 g/mol. The second-order valence-corrected chi connectivity index (χ2v) is 7.60. The van der Waals surface area contributed by atoms with Crippen LogP contribution in [0.2, 0.25) is 5.02 Å². The molecule has 0 aliphatic heterocycles. The van der Waals surface area contributed by atoms with Crippen LogP contribution < -0.4 is 5.73 Å². The van der Waals surface area contributed by atoms with E-state index in [0.717, 1.165) is 11.1 Å². The smallest absolute Gasteiger partial charge is 0.244 e. The summed E-state index contributed by atoms with van der Waals surface area (Å²) in [5.41, 5.74) is 7.42.